The molecule has 0 aromatic heterocycles. The van der Waals surface area contributed by atoms with Gasteiger partial charge in [0.05, 0.1) is 0 Å². The van der Waals surface area contributed by atoms with E-state index in [1.807, 2.05) is 17.0 Å². The zero-order valence-electron chi connectivity index (χ0n) is 12.7. The first-order chi connectivity index (χ1) is 11.2. The van der Waals surface area contributed by atoms with Crippen molar-refractivity contribution in [3.63, 3.8) is 0 Å². The monoisotopic (exact) mass is 330 g/mol. The molecule has 0 radical (unpaired) electrons. The van der Waals surface area contributed by atoms with Gasteiger partial charge in [0.2, 0.25) is 0 Å². The third-order valence-electron chi connectivity index (χ3n) is 4.04. The van der Waals surface area contributed by atoms with Gasteiger partial charge in [-0.15, -0.1) is 0 Å². The molecule has 1 saturated heterocycles. The average molecular weight is 331 g/mol. The normalized spacial score (nSPS) is 17.3. The van der Waals surface area contributed by atoms with Crippen molar-refractivity contribution in [2.45, 2.75) is 6.42 Å². The lowest BCUT2D eigenvalue weighted by Crippen LogP contribution is -2.29. The molecule has 1 atom stereocenters. The number of nitrogens with two attached hydrogens (primary N) is 1. The Hall–Kier alpha value is -2.04. The summed E-state index contributed by atoms with van der Waals surface area (Å²) >= 11 is 5.94. The minimum absolute atomic E-state index is 0.0512. The lowest BCUT2D eigenvalue weighted by atomic mass is 10.1. The topological polar surface area (TPSA) is 55.6 Å². The van der Waals surface area contributed by atoms with Crippen LogP contribution < -0.4 is 10.5 Å². The van der Waals surface area contributed by atoms with Crippen molar-refractivity contribution in [2.75, 3.05) is 19.6 Å². The van der Waals surface area contributed by atoms with E-state index < -0.39 is 0 Å². The molecule has 1 heterocycles. The minimum atomic E-state index is 0.0512. The Kier molecular flexibility index (Phi) is 4.84. The van der Waals surface area contributed by atoms with Crippen molar-refractivity contribution in [1.29, 1.82) is 0 Å². The number of hydrogen-bond donors (Lipinski definition) is 1. The number of carbonyl (C=O) groups is 1. The first-order valence-electron chi connectivity index (χ1n) is 7.68. The van der Waals surface area contributed by atoms with Gasteiger partial charge >= 0.3 is 0 Å². The van der Waals surface area contributed by atoms with Gasteiger partial charge in [0.1, 0.15) is 11.5 Å². The van der Waals surface area contributed by atoms with Crippen molar-refractivity contribution in [3.8, 4) is 11.5 Å². The molecule has 1 unspecified atom stereocenters. The highest BCUT2D eigenvalue weighted by Crippen LogP contribution is 2.25. The van der Waals surface area contributed by atoms with Crippen LogP contribution in [0, 0.1) is 5.92 Å². The molecule has 1 aliphatic rings. The third-order valence-corrected chi connectivity index (χ3v) is 4.27. The molecule has 2 N–H and O–H groups in total. The summed E-state index contributed by atoms with van der Waals surface area (Å²) in [6.45, 7) is 2.16. The second kappa shape index (κ2) is 7.02. The molecule has 1 amide bonds. The van der Waals surface area contributed by atoms with Crippen LogP contribution in [0.3, 0.4) is 0 Å². The number of rotatable bonds is 4. The van der Waals surface area contributed by atoms with Crippen molar-refractivity contribution >= 4 is 17.5 Å². The number of benzene rings is 2. The van der Waals surface area contributed by atoms with Crippen LogP contribution in [0.4, 0.5) is 0 Å². The molecule has 120 valence electrons. The number of carbonyl (C=O) groups excluding carboxylic acids is 1. The van der Waals surface area contributed by atoms with Crippen LogP contribution in [0.5, 0.6) is 11.5 Å². The summed E-state index contributed by atoms with van der Waals surface area (Å²) in [6.07, 6.45) is 0.984. The molecule has 0 aliphatic carbocycles. The standard InChI is InChI=1S/C18H19ClN2O2/c19-15-2-1-3-17(10-15)23-16-6-4-14(5-7-16)18(22)21-9-8-13(11-20)12-21/h1-7,10,13H,8-9,11-12,20H2. The second-order valence-corrected chi connectivity index (χ2v) is 6.16. The molecule has 0 saturated carbocycles. The molecule has 0 spiro atoms. The Labute approximate surface area is 140 Å². The van der Waals surface area contributed by atoms with Gasteiger partial charge in [-0.2, -0.15) is 0 Å². The van der Waals surface area contributed by atoms with Crippen LogP contribution in [-0.4, -0.2) is 30.4 Å². The third kappa shape index (κ3) is 3.84. The fourth-order valence-corrected chi connectivity index (χ4v) is 2.90. The van der Waals surface area contributed by atoms with E-state index in [2.05, 4.69) is 0 Å². The van der Waals surface area contributed by atoms with E-state index in [1.165, 1.54) is 0 Å². The summed E-state index contributed by atoms with van der Waals surface area (Å²) in [5.74, 6) is 1.81. The molecule has 3 rings (SSSR count). The lowest BCUT2D eigenvalue weighted by molar-refractivity contribution is 0.0787. The lowest BCUT2D eigenvalue weighted by Gasteiger charge is -2.16. The van der Waals surface area contributed by atoms with Gasteiger partial charge in [-0.1, -0.05) is 17.7 Å². The summed E-state index contributed by atoms with van der Waals surface area (Å²) in [5.41, 5.74) is 6.34. The quantitative estimate of drug-likeness (QED) is 0.932. The highest BCUT2D eigenvalue weighted by Gasteiger charge is 2.25. The van der Waals surface area contributed by atoms with Crippen LogP contribution in [0.15, 0.2) is 48.5 Å². The van der Waals surface area contributed by atoms with Gasteiger partial charge < -0.3 is 15.4 Å². The minimum Gasteiger partial charge on any atom is -0.457 e. The fraction of sp³-hybridized carbons (Fsp3) is 0.278. The molecule has 4 nitrogen and oxygen atoms in total. The SMILES string of the molecule is NCC1CCN(C(=O)c2ccc(Oc3cccc(Cl)c3)cc2)C1. The Bertz CT molecular complexity index is 688. The van der Waals surface area contributed by atoms with Gasteiger partial charge in [-0.05, 0) is 61.3 Å². The summed E-state index contributed by atoms with van der Waals surface area (Å²) in [6, 6.07) is 14.4. The molecule has 2 aromatic carbocycles. The van der Waals surface area contributed by atoms with E-state index in [0.29, 0.717) is 34.5 Å². The van der Waals surface area contributed by atoms with Crippen LogP contribution in [-0.2, 0) is 0 Å². The Morgan fingerprint density at radius 2 is 2.00 bits per heavy atom. The number of amides is 1. The van der Waals surface area contributed by atoms with Crippen LogP contribution in [0.25, 0.3) is 0 Å². The van der Waals surface area contributed by atoms with Crippen molar-refractivity contribution in [3.05, 3.63) is 59.1 Å². The van der Waals surface area contributed by atoms with Gasteiger partial charge in [-0.25, -0.2) is 0 Å². The zero-order chi connectivity index (χ0) is 16.2. The van der Waals surface area contributed by atoms with Gasteiger partial charge in [0, 0.05) is 23.7 Å². The van der Waals surface area contributed by atoms with Crippen LogP contribution >= 0.6 is 11.6 Å². The highest BCUT2D eigenvalue weighted by molar-refractivity contribution is 6.30. The Balaban J connectivity index is 1.66. The van der Waals surface area contributed by atoms with Crippen molar-refractivity contribution in [1.82, 2.24) is 4.90 Å². The van der Waals surface area contributed by atoms with E-state index in [9.17, 15) is 4.79 Å². The maximum absolute atomic E-state index is 12.4. The molecule has 23 heavy (non-hydrogen) atoms. The van der Waals surface area contributed by atoms with Gasteiger partial charge in [0.25, 0.3) is 5.91 Å². The predicted molar refractivity (Wildman–Crippen MR) is 91.0 cm³/mol. The number of ether oxygens (including phenoxy) is 1. The average Bonchev–Trinajstić information content (AvgIpc) is 3.04. The summed E-state index contributed by atoms with van der Waals surface area (Å²) in [7, 11) is 0. The van der Waals surface area contributed by atoms with Crippen molar-refractivity contribution in [2.24, 2.45) is 11.7 Å². The Morgan fingerprint density at radius 3 is 2.65 bits per heavy atom. The van der Waals surface area contributed by atoms with E-state index in [4.69, 9.17) is 22.1 Å². The summed E-state index contributed by atoms with van der Waals surface area (Å²) in [4.78, 5) is 14.3. The second-order valence-electron chi connectivity index (χ2n) is 5.73. The first-order valence-corrected chi connectivity index (χ1v) is 8.06. The molecule has 2 aromatic rings. The van der Waals surface area contributed by atoms with Gasteiger partial charge in [-0.3, -0.25) is 4.79 Å². The first kappa shape index (κ1) is 15.8. The molecule has 5 heteroatoms. The van der Waals surface area contributed by atoms with E-state index in [-0.39, 0.29) is 5.91 Å². The zero-order valence-corrected chi connectivity index (χ0v) is 13.5. The van der Waals surface area contributed by atoms with E-state index in [0.717, 1.165) is 19.5 Å². The number of hydrogen-bond acceptors (Lipinski definition) is 3. The number of likely N-dealkylation sites (tertiary alicyclic amines) is 1. The predicted octanol–water partition coefficient (Wildman–Crippen LogP) is 3.55. The Morgan fingerprint density at radius 1 is 1.22 bits per heavy atom. The molecular weight excluding hydrogens is 312 g/mol. The van der Waals surface area contributed by atoms with Crippen molar-refractivity contribution < 1.29 is 9.53 Å². The largest absolute Gasteiger partial charge is 0.457 e. The molecule has 0 bridgehead atoms. The maximum atomic E-state index is 12.4. The fourth-order valence-electron chi connectivity index (χ4n) is 2.72. The number of nitrogens with zero attached hydrogens (tertiary/aromatic N) is 1. The summed E-state index contributed by atoms with van der Waals surface area (Å²) in [5, 5.41) is 0.623. The van der Waals surface area contributed by atoms with E-state index in [1.54, 1.807) is 36.4 Å². The van der Waals surface area contributed by atoms with E-state index >= 15 is 0 Å². The maximum Gasteiger partial charge on any atom is 0.253 e. The van der Waals surface area contributed by atoms with Gasteiger partial charge in [0.15, 0.2) is 0 Å². The molecule has 1 aliphatic heterocycles. The van der Waals surface area contributed by atoms with Crippen LogP contribution in [0.1, 0.15) is 16.8 Å². The highest BCUT2D eigenvalue weighted by atomic mass is 35.5. The number of halogens is 1. The summed E-state index contributed by atoms with van der Waals surface area (Å²) < 4.78 is 5.73. The van der Waals surface area contributed by atoms with Crippen LogP contribution in [0.2, 0.25) is 5.02 Å². The molecular formula is C18H19ClN2O2. The molecule has 1 fully saturated rings. The smallest absolute Gasteiger partial charge is 0.253 e.